The fourth-order valence-electron chi connectivity index (χ4n) is 2.78. The van der Waals surface area contributed by atoms with Gasteiger partial charge in [0, 0.05) is 19.8 Å². The highest BCUT2D eigenvalue weighted by atomic mass is 32.2. The van der Waals surface area contributed by atoms with Gasteiger partial charge in [-0.1, -0.05) is 36.4 Å². The first-order chi connectivity index (χ1) is 12.8. The topological polar surface area (TPSA) is 63.4 Å². The van der Waals surface area contributed by atoms with Gasteiger partial charge in [-0.15, -0.1) is 0 Å². The van der Waals surface area contributed by atoms with Crippen molar-refractivity contribution in [2.75, 3.05) is 19.0 Å². The van der Waals surface area contributed by atoms with E-state index in [1.807, 2.05) is 31.1 Å². The van der Waals surface area contributed by atoms with E-state index in [9.17, 15) is 12.8 Å². The minimum atomic E-state index is -3.77. The average Bonchev–Trinajstić information content (AvgIpc) is 2.68. The summed E-state index contributed by atoms with van der Waals surface area (Å²) >= 11 is 0. The van der Waals surface area contributed by atoms with Crippen molar-refractivity contribution < 1.29 is 12.8 Å². The van der Waals surface area contributed by atoms with Gasteiger partial charge < -0.3 is 10.6 Å². The van der Waals surface area contributed by atoms with Crippen LogP contribution in [0.2, 0.25) is 0 Å². The summed E-state index contributed by atoms with van der Waals surface area (Å²) in [5.74, 6) is -0.342. The molecule has 0 aliphatic rings. The lowest BCUT2D eigenvalue weighted by atomic mass is 10.1. The number of hydrogen-bond donors (Lipinski definition) is 1. The van der Waals surface area contributed by atoms with Crippen molar-refractivity contribution in [2.45, 2.75) is 10.3 Å². The molecule has 3 aromatic carbocycles. The van der Waals surface area contributed by atoms with Gasteiger partial charge in [0.15, 0.2) is 9.84 Å². The van der Waals surface area contributed by atoms with Crippen molar-refractivity contribution in [2.24, 2.45) is 5.73 Å². The molecule has 3 rings (SSSR count). The normalized spacial score (nSPS) is 12.6. The van der Waals surface area contributed by atoms with Gasteiger partial charge in [0.05, 0.1) is 4.90 Å². The van der Waals surface area contributed by atoms with E-state index in [1.54, 1.807) is 42.5 Å². The minimum Gasteiger partial charge on any atom is -0.378 e. The van der Waals surface area contributed by atoms with E-state index in [0.717, 1.165) is 11.3 Å². The molecule has 0 aliphatic heterocycles. The Morgan fingerprint density at radius 1 is 0.889 bits per heavy atom. The number of anilines is 1. The largest absolute Gasteiger partial charge is 0.378 e. The zero-order valence-electron chi connectivity index (χ0n) is 15.1. The van der Waals surface area contributed by atoms with Crippen LogP contribution in [0.5, 0.6) is 0 Å². The predicted molar refractivity (Wildman–Crippen MR) is 107 cm³/mol. The Morgan fingerprint density at radius 2 is 1.52 bits per heavy atom. The van der Waals surface area contributed by atoms with Crippen LogP contribution in [0.25, 0.3) is 11.1 Å². The SMILES string of the molecule is CN(C)c1ccc(C(N)S(=O)(=O)c2cccc(-c3ccc(F)cc3)c2)cc1. The summed E-state index contributed by atoms with van der Waals surface area (Å²) in [6, 6.07) is 19.6. The third-order valence-corrected chi connectivity index (χ3v) is 6.26. The second-order valence-electron chi connectivity index (χ2n) is 6.49. The molecule has 0 saturated heterocycles. The van der Waals surface area contributed by atoms with Gasteiger partial charge in [0.25, 0.3) is 0 Å². The fourth-order valence-corrected chi connectivity index (χ4v) is 4.15. The average molecular weight is 384 g/mol. The molecule has 0 spiro atoms. The number of hydrogen-bond acceptors (Lipinski definition) is 4. The molecule has 1 unspecified atom stereocenters. The molecule has 1 atom stereocenters. The van der Waals surface area contributed by atoms with E-state index in [2.05, 4.69) is 0 Å². The molecule has 0 amide bonds. The molecule has 0 bridgehead atoms. The van der Waals surface area contributed by atoms with Crippen molar-refractivity contribution in [3.05, 3.63) is 84.2 Å². The first kappa shape index (κ1) is 19.1. The van der Waals surface area contributed by atoms with Crippen LogP contribution < -0.4 is 10.6 Å². The molecule has 3 aromatic rings. The lowest BCUT2D eigenvalue weighted by Gasteiger charge is -2.17. The minimum absolute atomic E-state index is 0.133. The van der Waals surface area contributed by atoms with Crippen molar-refractivity contribution in [1.29, 1.82) is 0 Å². The van der Waals surface area contributed by atoms with Gasteiger partial charge in [-0.2, -0.15) is 0 Å². The maximum Gasteiger partial charge on any atom is 0.198 e. The van der Waals surface area contributed by atoms with Crippen molar-refractivity contribution in [1.82, 2.24) is 0 Å². The molecule has 2 N–H and O–H groups in total. The van der Waals surface area contributed by atoms with Crippen molar-refractivity contribution in [3.8, 4) is 11.1 Å². The zero-order valence-corrected chi connectivity index (χ0v) is 15.9. The van der Waals surface area contributed by atoms with E-state index in [4.69, 9.17) is 5.73 Å². The second kappa shape index (κ2) is 7.50. The number of benzene rings is 3. The Bertz CT molecular complexity index is 1030. The quantitative estimate of drug-likeness (QED) is 0.722. The van der Waals surface area contributed by atoms with E-state index in [-0.39, 0.29) is 10.7 Å². The van der Waals surface area contributed by atoms with Crippen LogP contribution in [-0.4, -0.2) is 22.5 Å². The molecular formula is C21H21FN2O2S. The van der Waals surface area contributed by atoms with Crippen LogP contribution in [-0.2, 0) is 9.84 Å². The number of halogens is 1. The third-order valence-electron chi connectivity index (χ3n) is 4.41. The molecule has 0 heterocycles. The Morgan fingerprint density at radius 3 is 2.11 bits per heavy atom. The van der Waals surface area contributed by atoms with E-state index < -0.39 is 15.2 Å². The molecular weight excluding hydrogens is 363 g/mol. The maximum atomic E-state index is 13.1. The van der Waals surface area contributed by atoms with E-state index in [1.165, 1.54) is 18.2 Å². The summed E-state index contributed by atoms with van der Waals surface area (Å²) in [4.78, 5) is 2.06. The molecule has 0 saturated carbocycles. The molecule has 0 aromatic heterocycles. The summed E-state index contributed by atoms with van der Waals surface area (Å²) in [5.41, 5.74) is 8.99. The number of rotatable bonds is 5. The summed E-state index contributed by atoms with van der Waals surface area (Å²) < 4.78 is 39.1. The van der Waals surface area contributed by atoms with Gasteiger partial charge >= 0.3 is 0 Å². The van der Waals surface area contributed by atoms with Gasteiger partial charge in [-0.3, -0.25) is 0 Å². The summed E-state index contributed by atoms with van der Waals surface area (Å²) in [7, 11) is 0.0450. The number of nitrogens with zero attached hydrogens (tertiary/aromatic N) is 1. The monoisotopic (exact) mass is 384 g/mol. The zero-order chi connectivity index (χ0) is 19.6. The smallest absolute Gasteiger partial charge is 0.198 e. The highest BCUT2D eigenvalue weighted by molar-refractivity contribution is 7.91. The van der Waals surface area contributed by atoms with Crippen molar-refractivity contribution >= 4 is 15.5 Å². The Labute approximate surface area is 159 Å². The Kier molecular flexibility index (Phi) is 5.30. The summed E-state index contributed by atoms with van der Waals surface area (Å²) in [5, 5.41) is -1.17. The maximum absolute atomic E-state index is 13.1. The molecule has 0 aliphatic carbocycles. The predicted octanol–water partition coefficient (Wildman–Crippen LogP) is 3.99. The van der Waals surface area contributed by atoms with Crippen LogP contribution >= 0.6 is 0 Å². The van der Waals surface area contributed by atoms with Gasteiger partial charge in [0.1, 0.15) is 11.2 Å². The van der Waals surface area contributed by atoms with Crippen LogP contribution in [0.1, 0.15) is 10.9 Å². The molecule has 27 heavy (non-hydrogen) atoms. The fraction of sp³-hybridized carbons (Fsp3) is 0.143. The van der Waals surface area contributed by atoms with Gasteiger partial charge in [-0.25, -0.2) is 12.8 Å². The molecule has 0 fully saturated rings. The first-order valence-electron chi connectivity index (χ1n) is 8.42. The highest BCUT2D eigenvalue weighted by Crippen LogP contribution is 2.29. The Hall–Kier alpha value is -2.70. The molecule has 4 nitrogen and oxygen atoms in total. The Balaban J connectivity index is 1.94. The van der Waals surface area contributed by atoms with Crippen LogP contribution in [0.4, 0.5) is 10.1 Å². The van der Waals surface area contributed by atoms with Crippen molar-refractivity contribution in [3.63, 3.8) is 0 Å². The van der Waals surface area contributed by atoms with Gasteiger partial charge in [-0.05, 0) is 53.1 Å². The highest BCUT2D eigenvalue weighted by Gasteiger charge is 2.26. The van der Waals surface area contributed by atoms with Gasteiger partial charge in [0.2, 0.25) is 0 Å². The number of sulfone groups is 1. The van der Waals surface area contributed by atoms with E-state index in [0.29, 0.717) is 11.1 Å². The van der Waals surface area contributed by atoms with E-state index >= 15 is 0 Å². The second-order valence-corrected chi connectivity index (χ2v) is 8.56. The first-order valence-corrected chi connectivity index (χ1v) is 9.96. The number of nitrogens with two attached hydrogens (primary N) is 1. The van der Waals surface area contributed by atoms with Crippen LogP contribution in [0.3, 0.4) is 0 Å². The summed E-state index contributed by atoms with van der Waals surface area (Å²) in [6.45, 7) is 0. The standard InChI is InChI=1S/C21H21FN2O2S/c1-24(2)19-12-8-16(9-13-19)21(23)27(25,26)20-5-3-4-17(14-20)15-6-10-18(22)11-7-15/h3-14,21H,23H2,1-2H3. The van der Waals surface area contributed by atoms with Crippen LogP contribution in [0, 0.1) is 5.82 Å². The lowest BCUT2D eigenvalue weighted by Crippen LogP contribution is -2.22. The molecule has 6 heteroatoms. The lowest BCUT2D eigenvalue weighted by molar-refractivity contribution is 0.583. The van der Waals surface area contributed by atoms with Crippen LogP contribution in [0.15, 0.2) is 77.7 Å². The molecule has 0 radical (unpaired) electrons. The third kappa shape index (κ3) is 4.02. The summed E-state index contributed by atoms with van der Waals surface area (Å²) in [6.07, 6.45) is 0. The molecule has 140 valence electrons.